The molecule has 6 nitrogen and oxygen atoms in total. The molecule has 0 spiro atoms. The number of amides is 2. The molecule has 1 aliphatic rings. The van der Waals surface area contributed by atoms with Gasteiger partial charge in [-0.1, -0.05) is 105 Å². The number of aliphatic hydroxyl groups excluding tert-OH is 1. The predicted octanol–water partition coefficient (Wildman–Crippen LogP) is 6.68. The third kappa shape index (κ3) is 5.66. The van der Waals surface area contributed by atoms with E-state index in [0.717, 1.165) is 40.0 Å². The van der Waals surface area contributed by atoms with Crippen molar-refractivity contribution in [3.63, 3.8) is 0 Å². The van der Waals surface area contributed by atoms with Crippen LogP contribution in [0.1, 0.15) is 64.1 Å². The highest BCUT2D eigenvalue weighted by Gasteiger charge is 2.56. The number of nitrogens with zero attached hydrogens (tertiary/aromatic N) is 1. The minimum Gasteiger partial charge on any atom is -0.440 e. The standard InChI is InChI=1S/C32H37NO5/c1-5-6-17-27(34)32(4,37-22-23-18-20-25(21-19-23)24-13-9-7-10-14-24)29(35)33-28(26-15-11-8-12-16-26)31(2,3)38-30(33)36/h7-16,18-21,27-28,34H,5-6,17,22H2,1-4H3/t27-,28-,32-/m0/s1. The zero-order valence-electron chi connectivity index (χ0n) is 22.6. The minimum absolute atomic E-state index is 0.1000. The maximum absolute atomic E-state index is 14.2. The van der Waals surface area contributed by atoms with Crippen LogP contribution in [0.2, 0.25) is 0 Å². The first kappa shape index (κ1) is 27.6. The second kappa shape index (κ2) is 11.5. The summed E-state index contributed by atoms with van der Waals surface area (Å²) in [7, 11) is 0. The highest BCUT2D eigenvalue weighted by atomic mass is 16.6. The highest BCUT2D eigenvalue weighted by molar-refractivity contribution is 5.99. The van der Waals surface area contributed by atoms with Crippen LogP contribution in [0, 0.1) is 0 Å². The SMILES string of the molecule is CCCC[C@H](O)[C@](C)(OCc1ccc(-c2ccccc2)cc1)C(=O)N1C(=O)OC(C)(C)[C@@H]1c1ccccc1. The molecule has 2 amide bonds. The molecule has 1 N–H and O–H groups in total. The molecule has 3 atom stereocenters. The van der Waals surface area contributed by atoms with E-state index in [1.807, 2.05) is 91.9 Å². The van der Waals surface area contributed by atoms with Gasteiger partial charge in [-0.25, -0.2) is 9.69 Å². The monoisotopic (exact) mass is 515 g/mol. The van der Waals surface area contributed by atoms with Crippen LogP contribution in [0.25, 0.3) is 11.1 Å². The summed E-state index contributed by atoms with van der Waals surface area (Å²) in [5, 5.41) is 11.2. The molecule has 1 saturated heterocycles. The molecule has 0 saturated carbocycles. The van der Waals surface area contributed by atoms with Crippen molar-refractivity contribution in [3.05, 3.63) is 96.1 Å². The van der Waals surface area contributed by atoms with Gasteiger partial charge in [-0.2, -0.15) is 0 Å². The number of carbonyl (C=O) groups excluding carboxylic acids is 2. The Balaban J connectivity index is 1.61. The Kier molecular flexibility index (Phi) is 8.34. The molecular weight excluding hydrogens is 478 g/mol. The fraction of sp³-hybridized carbons (Fsp3) is 0.375. The lowest BCUT2D eigenvalue weighted by atomic mass is 9.88. The fourth-order valence-electron chi connectivity index (χ4n) is 5.00. The van der Waals surface area contributed by atoms with E-state index in [-0.39, 0.29) is 6.61 Å². The Labute approximate surface area is 225 Å². The molecule has 1 heterocycles. The second-order valence-electron chi connectivity index (χ2n) is 10.6. The van der Waals surface area contributed by atoms with Crippen molar-refractivity contribution in [2.75, 3.05) is 0 Å². The number of ether oxygens (including phenoxy) is 2. The van der Waals surface area contributed by atoms with Crippen LogP contribution in [-0.4, -0.2) is 39.3 Å². The lowest BCUT2D eigenvalue weighted by Gasteiger charge is -2.37. The third-order valence-corrected chi connectivity index (χ3v) is 7.29. The van der Waals surface area contributed by atoms with Crippen LogP contribution in [0.3, 0.4) is 0 Å². The van der Waals surface area contributed by atoms with Gasteiger partial charge in [-0.3, -0.25) is 4.79 Å². The first-order valence-corrected chi connectivity index (χ1v) is 13.3. The van der Waals surface area contributed by atoms with E-state index < -0.39 is 35.3 Å². The molecule has 0 bridgehead atoms. The maximum Gasteiger partial charge on any atom is 0.417 e. The molecule has 0 aliphatic carbocycles. The summed E-state index contributed by atoms with van der Waals surface area (Å²) in [6.07, 6.45) is 0.101. The molecule has 1 fully saturated rings. The summed E-state index contributed by atoms with van der Waals surface area (Å²) in [6.45, 7) is 7.27. The number of aliphatic hydroxyl groups is 1. The van der Waals surface area contributed by atoms with Crippen LogP contribution in [0.15, 0.2) is 84.9 Å². The molecule has 0 radical (unpaired) electrons. The average molecular weight is 516 g/mol. The van der Waals surface area contributed by atoms with Gasteiger partial charge in [-0.05, 0) is 49.4 Å². The number of cyclic esters (lactones) is 1. The fourth-order valence-corrected chi connectivity index (χ4v) is 5.00. The van der Waals surface area contributed by atoms with Crippen molar-refractivity contribution in [1.82, 2.24) is 4.90 Å². The quantitative estimate of drug-likeness (QED) is 0.326. The van der Waals surface area contributed by atoms with Gasteiger partial charge in [0.15, 0.2) is 5.60 Å². The van der Waals surface area contributed by atoms with E-state index in [2.05, 4.69) is 0 Å². The van der Waals surface area contributed by atoms with E-state index in [9.17, 15) is 14.7 Å². The Morgan fingerprint density at radius 2 is 1.58 bits per heavy atom. The number of carbonyl (C=O) groups is 2. The van der Waals surface area contributed by atoms with Gasteiger partial charge in [-0.15, -0.1) is 0 Å². The Morgan fingerprint density at radius 3 is 2.18 bits per heavy atom. The van der Waals surface area contributed by atoms with Gasteiger partial charge in [0.2, 0.25) is 0 Å². The number of hydrogen-bond donors (Lipinski definition) is 1. The van der Waals surface area contributed by atoms with Crippen LogP contribution in [0.5, 0.6) is 0 Å². The molecule has 3 aromatic carbocycles. The summed E-state index contributed by atoms with van der Waals surface area (Å²) in [5.41, 5.74) is 1.21. The number of unbranched alkanes of at least 4 members (excludes halogenated alkanes) is 1. The van der Waals surface area contributed by atoms with Crippen LogP contribution in [-0.2, 0) is 20.9 Å². The molecule has 200 valence electrons. The summed E-state index contributed by atoms with van der Waals surface area (Å²) in [6, 6.07) is 26.7. The Morgan fingerprint density at radius 1 is 1.00 bits per heavy atom. The van der Waals surface area contributed by atoms with E-state index >= 15 is 0 Å². The van der Waals surface area contributed by atoms with Crippen molar-refractivity contribution < 1.29 is 24.2 Å². The summed E-state index contributed by atoms with van der Waals surface area (Å²) >= 11 is 0. The maximum atomic E-state index is 14.2. The van der Waals surface area contributed by atoms with Gasteiger partial charge < -0.3 is 14.6 Å². The zero-order valence-corrected chi connectivity index (χ0v) is 22.6. The van der Waals surface area contributed by atoms with Crippen molar-refractivity contribution in [2.45, 2.75) is 76.9 Å². The number of hydrogen-bond acceptors (Lipinski definition) is 5. The van der Waals surface area contributed by atoms with Crippen molar-refractivity contribution in [1.29, 1.82) is 0 Å². The van der Waals surface area contributed by atoms with E-state index in [1.54, 1.807) is 20.8 Å². The largest absolute Gasteiger partial charge is 0.440 e. The number of benzene rings is 3. The second-order valence-corrected chi connectivity index (χ2v) is 10.6. The molecule has 1 aliphatic heterocycles. The van der Waals surface area contributed by atoms with E-state index in [4.69, 9.17) is 9.47 Å². The Hall–Kier alpha value is -3.48. The van der Waals surface area contributed by atoms with Crippen molar-refractivity contribution >= 4 is 12.0 Å². The molecule has 3 aromatic rings. The van der Waals surface area contributed by atoms with Gasteiger partial charge in [0.05, 0.1) is 12.7 Å². The van der Waals surface area contributed by atoms with Crippen LogP contribution in [0.4, 0.5) is 4.79 Å². The van der Waals surface area contributed by atoms with Gasteiger partial charge in [0.25, 0.3) is 5.91 Å². The minimum atomic E-state index is -1.65. The summed E-state index contributed by atoms with van der Waals surface area (Å²) in [5.74, 6) is -0.605. The van der Waals surface area contributed by atoms with Gasteiger partial charge in [0.1, 0.15) is 11.6 Å². The highest BCUT2D eigenvalue weighted by Crippen LogP contribution is 2.43. The van der Waals surface area contributed by atoms with Gasteiger partial charge >= 0.3 is 6.09 Å². The first-order valence-electron chi connectivity index (χ1n) is 13.3. The van der Waals surface area contributed by atoms with Crippen molar-refractivity contribution in [2.24, 2.45) is 0 Å². The first-order chi connectivity index (χ1) is 18.2. The van der Waals surface area contributed by atoms with Crippen LogP contribution < -0.4 is 0 Å². The molecule has 0 unspecified atom stereocenters. The molecular formula is C32H37NO5. The molecule has 38 heavy (non-hydrogen) atoms. The lowest BCUT2D eigenvalue weighted by molar-refractivity contribution is -0.174. The summed E-state index contributed by atoms with van der Waals surface area (Å²) in [4.78, 5) is 28.4. The molecule has 4 rings (SSSR count). The van der Waals surface area contributed by atoms with Gasteiger partial charge in [0, 0.05) is 0 Å². The van der Waals surface area contributed by atoms with Crippen LogP contribution >= 0.6 is 0 Å². The predicted molar refractivity (Wildman–Crippen MR) is 147 cm³/mol. The Bertz CT molecular complexity index is 1230. The van der Waals surface area contributed by atoms with E-state index in [0.29, 0.717) is 6.42 Å². The molecule has 0 aromatic heterocycles. The van der Waals surface area contributed by atoms with E-state index in [1.165, 1.54) is 0 Å². The smallest absolute Gasteiger partial charge is 0.417 e. The number of rotatable bonds is 10. The third-order valence-electron chi connectivity index (χ3n) is 7.29. The zero-order chi connectivity index (χ0) is 27.3. The summed E-state index contributed by atoms with van der Waals surface area (Å²) < 4.78 is 11.9. The topological polar surface area (TPSA) is 76.1 Å². The molecule has 6 heteroatoms. The normalized spacial score (nSPS) is 19.0. The average Bonchev–Trinajstić information content (AvgIpc) is 3.18. The van der Waals surface area contributed by atoms with Crippen molar-refractivity contribution in [3.8, 4) is 11.1 Å². The lowest BCUT2D eigenvalue weighted by Crippen LogP contribution is -2.57. The number of imide groups is 1.